The molecule has 5 heteroatoms. The van der Waals surface area contributed by atoms with Crippen molar-refractivity contribution in [3.05, 3.63) is 28.6 Å². The molecular formula is C13H17ClN2OS. The molecule has 18 heavy (non-hydrogen) atoms. The largest absolute Gasteiger partial charge is 0.440 e. The molecule has 0 atom stereocenters. The van der Waals surface area contributed by atoms with Crippen molar-refractivity contribution in [3.8, 4) is 10.6 Å². The van der Waals surface area contributed by atoms with Gasteiger partial charge in [0.2, 0.25) is 0 Å². The van der Waals surface area contributed by atoms with Gasteiger partial charge in [0, 0.05) is 18.5 Å². The molecule has 2 rings (SSSR count). The molecule has 2 aromatic heterocycles. The molecule has 0 saturated heterocycles. The second-order valence-electron chi connectivity index (χ2n) is 5.14. The molecule has 0 saturated carbocycles. The van der Waals surface area contributed by atoms with Crippen molar-refractivity contribution in [2.24, 2.45) is 0 Å². The molecule has 0 aromatic carbocycles. The van der Waals surface area contributed by atoms with E-state index in [0.29, 0.717) is 0 Å². The Labute approximate surface area is 116 Å². The highest BCUT2D eigenvalue weighted by Crippen LogP contribution is 2.33. The van der Waals surface area contributed by atoms with Crippen LogP contribution in [0.1, 0.15) is 26.7 Å². The molecule has 0 unspecified atom stereocenters. The lowest BCUT2D eigenvalue weighted by Crippen LogP contribution is -2.37. The Balaban J connectivity index is 1.97. The summed E-state index contributed by atoms with van der Waals surface area (Å²) in [5.74, 6) is 1.49. The maximum Gasteiger partial charge on any atom is 0.196 e. The molecule has 0 fully saturated rings. The van der Waals surface area contributed by atoms with Gasteiger partial charge >= 0.3 is 0 Å². The second-order valence-corrected chi connectivity index (χ2v) is 6.47. The monoisotopic (exact) mass is 284 g/mol. The van der Waals surface area contributed by atoms with E-state index in [1.54, 1.807) is 17.5 Å². The number of oxazole rings is 1. The molecule has 98 valence electrons. The van der Waals surface area contributed by atoms with E-state index >= 15 is 0 Å². The van der Waals surface area contributed by atoms with E-state index in [0.717, 1.165) is 34.5 Å². The van der Waals surface area contributed by atoms with Crippen LogP contribution in [0.2, 0.25) is 5.02 Å². The highest BCUT2D eigenvalue weighted by molar-refractivity contribution is 7.14. The lowest BCUT2D eigenvalue weighted by Gasteiger charge is -2.19. The Hall–Kier alpha value is -0.840. The summed E-state index contributed by atoms with van der Waals surface area (Å²) in [7, 11) is 0. The van der Waals surface area contributed by atoms with Crippen molar-refractivity contribution in [3.63, 3.8) is 0 Å². The van der Waals surface area contributed by atoms with E-state index < -0.39 is 0 Å². The zero-order chi connectivity index (χ0) is 13.2. The molecule has 2 heterocycles. The molecule has 0 aliphatic carbocycles. The zero-order valence-corrected chi connectivity index (χ0v) is 12.4. The summed E-state index contributed by atoms with van der Waals surface area (Å²) in [5, 5.41) is 6.07. The fourth-order valence-corrected chi connectivity index (χ4v) is 2.64. The molecular weight excluding hydrogens is 268 g/mol. The minimum absolute atomic E-state index is 0.118. The molecule has 3 nitrogen and oxygen atoms in total. The number of halogens is 1. The lowest BCUT2D eigenvalue weighted by atomic mass is 10.1. The van der Waals surface area contributed by atoms with Gasteiger partial charge in [-0.1, -0.05) is 11.6 Å². The van der Waals surface area contributed by atoms with Crippen LogP contribution in [0.5, 0.6) is 0 Å². The van der Waals surface area contributed by atoms with Crippen LogP contribution in [-0.4, -0.2) is 17.1 Å². The second kappa shape index (κ2) is 5.43. The van der Waals surface area contributed by atoms with Crippen molar-refractivity contribution >= 4 is 22.9 Å². The Bertz CT molecular complexity index is 513. The van der Waals surface area contributed by atoms with Crippen molar-refractivity contribution < 1.29 is 4.42 Å². The van der Waals surface area contributed by atoms with Crippen LogP contribution in [0.15, 0.2) is 22.1 Å². The van der Waals surface area contributed by atoms with Gasteiger partial charge in [-0.05, 0) is 32.2 Å². The Kier molecular flexibility index (Phi) is 4.10. The summed E-state index contributed by atoms with van der Waals surface area (Å²) in [4.78, 5) is 5.22. The van der Waals surface area contributed by atoms with Gasteiger partial charge in [-0.15, -0.1) is 11.3 Å². The average Bonchev–Trinajstić information content (AvgIpc) is 2.84. The maximum absolute atomic E-state index is 6.06. The van der Waals surface area contributed by atoms with Crippen molar-refractivity contribution in [2.45, 2.75) is 32.7 Å². The topological polar surface area (TPSA) is 38.1 Å². The van der Waals surface area contributed by atoms with Gasteiger partial charge in [-0.3, -0.25) is 0 Å². The fraction of sp³-hybridized carbons (Fsp3) is 0.462. The molecule has 0 aliphatic heterocycles. The van der Waals surface area contributed by atoms with Crippen LogP contribution in [0.4, 0.5) is 0 Å². The first-order chi connectivity index (χ1) is 8.46. The number of nitrogens with zero attached hydrogens (tertiary/aromatic N) is 1. The van der Waals surface area contributed by atoms with Crippen LogP contribution in [0, 0.1) is 0 Å². The maximum atomic E-state index is 6.06. The standard InChI is InChI=1S/C13H17ClN2OS/c1-13(2,3)16-6-4-11-15-8-10(17-11)12-9(14)5-7-18-12/h5,7-8,16H,4,6H2,1-3H3. The van der Waals surface area contributed by atoms with E-state index in [4.69, 9.17) is 16.0 Å². The van der Waals surface area contributed by atoms with Gasteiger partial charge in [-0.2, -0.15) is 0 Å². The van der Waals surface area contributed by atoms with Crippen LogP contribution in [0.25, 0.3) is 10.6 Å². The molecule has 0 bridgehead atoms. The third kappa shape index (κ3) is 3.57. The fourth-order valence-electron chi connectivity index (χ4n) is 1.54. The third-order valence-electron chi connectivity index (χ3n) is 2.39. The first-order valence-electron chi connectivity index (χ1n) is 5.89. The predicted molar refractivity (Wildman–Crippen MR) is 76.3 cm³/mol. The average molecular weight is 285 g/mol. The Morgan fingerprint density at radius 2 is 2.22 bits per heavy atom. The summed E-state index contributed by atoms with van der Waals surface area (Å²) in [5.41, 5.74) is 0.118. The van der Waals surface area contributed by atoms with Crippen molar-refractivity contribution in [1.29, 1.82) is 0 Å². The minimum Gasteiger partial charge on any atom is -0.440 e. The first-order valence-corrected chi connectivity index (χ1v) is 7.14. The van der Waals surface area contributed by atoms with E-state index in [2.05, 4.69) is 31.1 Å². The number of rotatable bonds is 4. The van der Waals surface area contributed by atoms with Gasteiger partial charge in [0.1, 0.15) is 0 Å². The molecule has 2 aromatic rings. The highest BCUT2D eigenvalue weighted by atomic mass is 35.5. The summed E-state index contributed by atoms with van der Waals surface area (Å²) in [6.07, 6.45) is 2.52. The Morgan fingerprint density at radius 3 is 2.83 bits per heavy atom. The molecule has 1 N–H and O–H groups in total. The SMILES string of the molecule is CC(C)(C)NCCc1ncc(-c2sccc2Cl)o1. The zero-order valence-electron chi connectivity index (χ0n) is 10.8. The molecule has 0 aliphatic rings. The van der Waals surface area contributed by atoms with Crippen LogP contribution in [0.3, 0.4) is 0 Å². The lowest BCUT2D eigenvalue weighted by molar-refractivity contribution is 0.412. The van der Waals surface area contributed by atoms with Gasteiger partial charge in [-0.25, -0.2) is 4.98 Å². The van der Waals surface area contributed by atoms with Gasteiger partial charge < -0.3 is 9.73 Å². The number of aromatic nitrogens is 1. The van der Waals surface area contributed by atoms with E-state index in [1.165, 1.54) is 0 Å². The van der Waals surface area contributed by atoms with Crippen LogP contribution >= 0.6 is 22.9 Å². The predicted octanol–water partition coefficient (Wildman–Crippen LogP) is 3.99. The third-order valence-corrected chi connectivity index (χ3v) is 3.74. The number of hydrogen-bond acceptors (Lipinski definition) is 4. The Morgan fingerprint density at radius 1 is 1.44 bits per heavy atom. The van der Waals surface area contributed by atoms with E-state index in [-0.39, 0.29) is 5.54 Å². The summed E-state index contributed by atoms with van der Waals surface area (Å²) in [6.45, 7) is 7.26. The summed E-state index contributed by atoms with van der Waals surface area (Å²) >= 11 is 7.62. The molecule has 0 amide bonds. The summed E-state index contributed by atoms with van der Waals surface area (Å²) < 4.78 is 5.70. The minimum atomic E-state index is 0.118. The van der Waals surface area contributed by atoms with Crippen molar-refractivity contribution in [1.82, 2.24) is 10.3 Å². The van der Waals surface area contributed by atoms with Gasteiger partial charge in [0.25, 0.3) is 0 Å². The highest BCUT2D eigenvalue weighted by Gasteiger charge is 2.12. The normalized spacial score (nSPS) is 12.0. The number of hydrogen-bond donors (Lipinski definition) is 1. The molecule has 0 radical (unpaired) electrons. The van der Waals surface area contributed by atoms with Gasteiger partial charge in [0.15, 0.2) is 11.7 Å². The van der Waals surface area contributed by atoms with E-state index in [1.807, 2.05) is 11.4 Å². The number of thiophene rings is 1. The smallest absolute Gasteiger partial charge is 0.196 e. The van der Waals surface area contributed by atoms with E-state index in [9.17, 15) is 0 Å². The van der Waals surface area contributed by atoms with Crippen molar-refractivity contribution in [2.75, 3.05) is 6.54 Å². The summed E-state index contributed by atoms with van der Waals surface area (Å²) in [6, 6.07) is 1.87. The number of nitrogens with one attached hydrogen (secondary N) is 1. The quantitative estimate of drug-likeness (QED) is 0.923. The van der Waals surface area contributed by atoms with Crippen LogP contribution < -0.4 is 5.32 Å². The first kappa shape index (κ1) is 13.6. The van der Waals surface area contributed by atoms with Crippen LogP contribution in [-0.2, 0) is 6.42 Å². The molecule has 0 spiro atoms. The van der Waals surface area contributed by atoms with Gasteiger partial charge in [0.05, 0.1) is 16.1 Å².